The molecule has 0 unspecified atom stereocenters. The summed E-state index contributed by atoms with van der Waals surface area (Å²) in [7, 11) is 1.92. The topological polar surface area (TPSA) is 74.5 Å². The van der Waals surface area contributed by atoms with Gasteiger partial charge in [0.05, 0.1) is 28.1 Å². The summed E-state index contributed by atoms with van der Waals surface area (Å²) < 4.78 is 4.70. The molecular formula is C12H19BrN6. The van der Waals surface area contributed by atoms with E-state index in [9.17, 15) is 0 Å². The second kappa shape index (κ2) is 4.63. The van der Waals surface area contributed by atoms with Crippen LogP contribution in [-0.2, 0) is 19.0 Å². The molecule has 104 valence electrons. The molecule has 0 aromatic carbocycles. The monoisotopic (exact) mass is 326 g/mol. The Labute approximate surface area is 121 Å². The van der Waals surface area contributed by atoms with Gasteiger partial charge in [-0.25, -0.2) is 4.68 Å². The smallest absolute Gasteiger partial charge is 0.169 e. The van der Waals surface area contributed by atoms with Crippen molar-refractivity contribution in [1.29, 1.82) is 0 Å². The zero-order valence-electron chi connectivity index (χ0n) is 11.9. The maximum atomic E-state index is 5.93. The van der Waals surface area contributed by atoms with Crippen LogP contribution in [0.15, 0.2) is 4.47 Å². The highest BCUT2D eigenvalue weighted by Crippen LogP contribution is 2.28. The van der Waals surface area contributed by atoms with E-state index in [0.717, 1.165) is 21.6 Å². The third-order valence-electron chi connectivity index (χ3n) is 3.03. The summed E-state index contributed by atoms with van der Waals surface area (Å²) in [6, 6.07) is 0. The Hall–Kier alpha value is -1.37. The van der Waals surface area contributed by atoms with Crippen molar-refractivity contribution in [1.82, 2.24) is 24.8 Å². The summed E-state index contributed by atoms with van der Waals surface area (Å²) in [4.78, 5) is 0. The Morgan fingerprint density at radius 2 is 1.95 bits per heavy atom. The standard InChI is InChI=1S/C12H19BrN6/c1-7-9(13)8(18(5)16-7)6-19-10(12(2,3)4)11(14)15-17-19/h6,14H2,1-5H3. The van der Waals surface area contributed by atoms with Crippen molar-refractivity contribution in [2.45, 2.75) is 39.7 Å². The van der Waals surface area contributed by atoms with Crippen LogP contribution in [0.1, 0.15) is 37.9 Å². The molecule has 0 fully saturated rings. The number of aromatic nitrogens is 5. The molecule has 0 amide bonds. The number of nitrogens with two attached hydrogens (primary N) is 1. The average molecular weight is 327 g/mol. The van der Waals surface area contributed by atoms with E-state index in [1.807, 2.05) is 23.3 Å². The third-order valence-corrected chi connectivity index (χ3v) is 4.06. The van der Waals surface area contributed by atoms with Gasteiger partial charge in [-0.05, 0) is 22.9 Å². The first kappa shape index (κ1) is 14.0. The zero-order chi connectivity index (χ0) is 14.4. The molecule has 0 radical (unpaired) electrons. The van der Waals surface area contributed by atoms with Crippen molar-refractivity contribution in [3.8, 4) is 0 Å². The molecule has 0 aliphatic heterocycles. The van der Waals surface area contributed by atoms with Gasteiger partial charge in [0.1, 0.15) is 0 Å². The molecule has 2 aromatic heterocycles. The van der Waals surface area contributed by atoms with Crippen LogP contribution in [0.25, 0.3) is 0 Å². The minimum Gasteiger partial charge on any atom is -0.381 e. The van der Waals surface area contributed by atoms with Crippen LogP contribution >= 0.6 is 15.9 Å². The van der Waals surface area contributed by atoms with E-state index < -0.39 is 0 Å². The maximum absolute atomic E-state index is 5.93. The van der Waals surface area contributed by atoms with Crippen LogP contribution in [0.3, 0.4) is 0 Å². The molecule has 7 heteroatoms. The van der Waals surface area contributed by atoms with Gasteiger partial charge in [0.2, 0.25) is 0 Å². The van der Waals surface area contributed by atoms with Gasteiger partial charge in [-0.3, -0.25) is 4.68 Å². The lowest BCUT2D eigenvalue weighted by Gasteiger charge is -2.20. The molecular weight excluding hydrogens is 308 g/mol. The van der Waals surface area contributed by atoms with Gasteiger partial charge in [0.25, 0.3) is 0 Å². The van der Waals surface area contributed by atoms with E-state index in [0.29, 0.717) is 12.4 Å². The SMILES string of the molecule is Cc1nn(C)c(Cn2nnc(N)c2C(C)(C)C)c1Br. The predicted molar refractivity (Wildman–Crippen MR) is 77.9 cm³/mol. The quantitative estimate of drug-likeness (QED) is 0.916. The second-order valence-electron chi connectivity index (χ2n) is 5.70. The highest BCUT2D eigenvalue weighted by molar-refractivity contribution is 9.10. The minimum absolute atomic E-state index is 0.103. The van der Waals surface area contributed by atoms with Crippen LogP contribution in [-0.4, -0.2) is 24.8 Å². The lowest BCUT2D eigenvalue weighted by Crippen LogP contribution is -2.21. The highest BCUT2D eigenvalue weighted by atomic mass is 79.9. The zero-order valence-corrected chi connectivity index (χ0v) is 13.5. The summed E-state index contributed by atoms with van der Waals surface area (Å²) in [6.45, 7) is 8.86. The van der Waals surface area contributed by atoms with Gasteiger partial charge >= 0.3 is 0 Å². The average Bonchev–Trinajstić information content (AvgIpc) is 2.74. The number of anilines is 1. The van der Waals surface area contributed by atoms with Crippen molar-refractivity contribution in [2.75, 3.05) is 5.73 Å². The molecule has 2 N–H and O–H groups in total. The number of aryl methyl sites for hydroxylation is 2. The van der Waals surface area contributed by atoms with Gasteiger partial charge < -0.3 is 5.73 Å². The highest BCUT2D eigenvalue weighted by Gasteiger charge is 2.25. The number of halogens is 1. The van der Waals surface area contributed by atoms with Crippen LogP contribution < -0.4 is 5.73 Å². The van der Waals surface area contributed by atoms with E-state index in [4.69, 9.17) is 5.73 Å². The van der Waals surface area contributed by atoms with Crippen molar-refractivity contribution in [3.63, 3.8) is 0 Å². The number of rotatable bonds is 2. The molecule has 0 aliphatic carbocycles. The van der Waals surface area contributed by atoms with E-state index in [1.165, 1.54) is 0 Å². The molecule has 0 atom stereocenters. The molecule has 0 saturated carbocycles. The molecule has 0 aliphatic rings. The van der Waals surface area contributed by atoms with Gasteiger partial charge in [0, 0.05) is 12.5 Å². The van der Waals surface area contributed by atoms with Crippen molar-refractivity contribution in [2.24, 2.45) is 7.05 Å². The molecule has 2 rings (SSSR count). The second-order valence-corrected chi connectivity index (χ2v) is 6.49. The van der Waals surface area contributed by atoms with Crippen molar-refractivity contribution >= 4 is 21.7 Å². The van der Waals surface area contributed by atoms with Crippen LogP contribution in [0, 0.1) is 6.92 Å². The fourth-order valence-electron chi connectivity index (χ4n) is 2.20. The van der Waals surface area contributed by atoms with Crippen LogP contribution in [0.5, 0.6) is 0 Å². The number of nitrogens with zero attached hydrogens (tertiary/aromatic N) is 5. The van der Waals surface area contributed by atoms with Gasteiger partial charge in [0.15, 0.2) is 5.82 Å². The van der Waals surface area contributed by atoms with E-state index in [2.05, 4.69) is 52.1 Å². The fraction of sp³-hybridized carbons (Fsp3) is 0.583. The normalized spacial score (nSPS) is 12.1. The third kappa shape index (κ3) is 2.51. The Bertz CT molecular complexity index is 604. The molecule has 0 saturated heterocycles. The molecule has 2 aromatic rings. The lowest BCUT2D eigenvalue weighted by atomic mass is 9.92. The largest absolute Gasteiger partial charge is 0.381 e. The number of nitrogen functional groups attached to an aromatic ring is 1. The first-order valence-electron chi connectivity index (χ1n) is 6.09. The molecule has 2 heterocycles. The van der Waals surface area contributed by atoms with Crippen molar-refractivity contribution < 1.29 is 0 Å². The molecule has 6 nitrogen and oxygen atoms in total. The fourth-order valence-corrected chi connectivity index (χ4v) is 2.66. The number of hydrogen-bond acceptors (Lipinski definition) is 4. The molecule has 0 spiro atoms. The Morgan fingerprint density at radius 3 is 2.42 bits per heavy atom. The summed E-state index contributed by atoms with van der Waals surface area (Å²) in [5.74, 6) is 0.488. The minimum atomic E-state index is -0.103. The lowest BCUT2D eigenvalue weighted by molar-refractivity contribution is 0.492. The first-order valence-corrected chi connectivity index (χ1v) is 6.88. The van der Waals surface area contributed by atoms with Gasteiger partial charge in [-0.2, -0.15) is 5.10 Å². The first-order chi connectivity index (χ1) is 8.71. The van der Waals surface area contributed by atoms with Crippen molar-refractivity contribution in [3.05, 3.63) is 21.6 Å². The Morgan fingerprint density at radius 1 is 1.32 bits per heavy atom. The molecule has 19 heavy (non-hydrogen) atoms. The van der Waals surface area contributed by atoms with E-state index in [-0.39, 0.29) is 5.41 Å². The van der Waals surface area contributed by atoms with Crippen LogP contribution in [0.4, 0.5) is 5.82 Å². The summed E-state index contributed by atoms with van der Waals surface area (Å²) in [5.41, 5.74) is 8.78. The number of hydrogen-bond donors (Lipinski definition) is 1. The van der Waals surface area contributed by atoms with E-state index in [1.54, 1.807) is 0 Å². The maximum Gasteiger partial charge on any atom is 0.169 e. The van der Waals surface area contributed by atoms with Gasteiger partial charge in [-0.1, -0.05) is 26.0 Å². The Balaban J connectivity index is 2.45. The molecule has 0 bridgehead atoms. The summed E-state index contributed by atoms with van der Waals surface area (Å²) in [5, 5.41) is 12.5. The van der Waals surface area contributed by atoms with Crippen LogP contribution in [0.2, 0.25) is 0 Å². The summed E-state index contributed by atoms with van der Waals surface area (Å²) >= 11 is 3.56. The predicted octanol–water partition coefficient (Wildman–Crippen LogP) is 2.01. The Kier molecular flexibility index (Phi) is 3.42. The van der Waals surface area contributed by atoms with E-state index >= 15 is 0 Å². The summed E-state index contributed by atoms with van der Waals surface area (Å²) in [6.07, 6.45) is 0. The van der Waals surface area contributed by atoms with Gasteiger partial charge in [-0.15, -0.1) is 5.10 Å².